The second kappa shape index (κ2) is 17.8. The monoisotopic (exact) mass is 932 g/mol. The molecule has 0 aliphatic heterocycles. The molecule has 0 aliphatic rings. The van der Waals surface area contributed by atoms with Crippen molar-refractivity contribution in [1.29, 1.82) is 0 Å². The van der Waals surface area contributed by atoms with Gasteiger partial charge in [0.25, 0.3) is 11.8 Å². The second-order valence-corrected chi connectivity index (χ2v) is 27.8. The summed E-state index contributed by atoms with van der Waals surface area (Å²) in [6.07, 6.45) is 3.53. The Morgan fingerprint density at radius 1 is 0.792 bits per heavy atom. The zero-order valence-electron chi connectivity index (χ0n) is 28.8. The van der Waals surface area contributed by atoms with E-state index in [0.717, 1.165) is 58.8 Å². The molecule has 0 atom stereocenters. The first-order chi connectivity index (χ1) is 22.4. The van der Waals surface area contributed by atoms with Crippen LogP contribution in [-0.2, 0) is 27.7 Å². The van der Waals surface area contributed by atoms with Crippen LogP contribution in [0.3, 0.4) is 0 Å². The van der Waals surface area contributed by atoms with E-state index in [9.17, 15) is 9.59 Å². The molecule has 2 heterocycles. The molecule has 0 radical (unpaired) electrons. The van der Waals surface area contributed by atoms with Gasteiger partial charge in [0.15, 0.2) is 0 Å². The van der Waals surface area contributed by atoms with Crippen LogP contribution in [0.4, 0.5) is 0 Å². The lowest BCUT2D eigenvalue weighted by atomic mass is 10.1. The van der Waals surface area contributed by atoms with Gasteiger partial charge in [-0.3, -0.25) is 9.59 Å². The van der Waals surface area contributed by atoms with Crippen LogP contribution >= 0.6 is 54.5 Å². The molecule has 0 aliphatic carbocycles. The van der Waals surface area contributed by atoms with Crippen molar-refractivity contribution < 1.29 is 23.8 Å². The van der Waals surface area contributed by atoms with E-state index in [-0.39, 0.29) is 0 Å². The molecule has 2 aromatic heterocycles. The third-order valence-corrected chi connectivity index (χ3v) is 13.1. The number of amides is 2. The number of hydrogen-bond donors (Lipinski definition) is 2. The standard InChI is InChI=1S/C19H27BrN2O3Si.C15H20BrIN2O2Si/c1-5-24-9-8-14-12-16-17(20)7-6-15(19(21)23)18(16)22(14)13-25-10-11-26(2,3)4;1-22(2,3)7-6-21-9-19-13(17)8-11-12(16)5-4-10(14(11)19)15(18)20/h6-9,12H,5,10-11,13H2,1-4H3,(H2,21,23);4-5,8H,6-7,9H2,1-3H3,(H2,18,20)/b9-8+;. The quantitative estimate of drug-likeness (QED) is 0.0533. The maximum Gasteiger partial charge on any atom is 0.250 e. The second-order valence-electron chi connectivity index (χ2n) is 13.8. The molecule has 2 amide bonds. The lowest BCUT2D eigenvalue weighted by molar-refractivity contribution is 0.0883. The summed E-state index contributed by atoms with van der Waals surface area (Å²) in [6, 6.07) is 13.4. The Hall–Kier alpha value is -1.96. The van der Waals surface area contributed by atoms with Crippen LogP contribution < -0.4 is 11.5 Å². The maximum atomic E-state index is 11.9. The van der Waals surface area contributed by atoms with E-state index in [4.69, 9.17) is 25.7 Å². The van der Waals surface area contributed by atoms with Crippen LogP contribution in [0.1, 0.15) is 33.3 Å². The number of halogens is 3. The largest absolute Gasteiger partial charge is 0.501 e. The molecule has 4 aromatic rings. The van der Waals surface area contributed by atoms with Gasteiger partial charge in [-0.05, 0) is 84.1 Å². The minimum absolute atomic E-state index is 0.358. The molecule has 0 saturated carbocycles. The molecule has 4 rings (SSSR count). The van der Waals surface area contributed by atoms with Crippen molar-refractivity contribution in [2.24, 2.45) is 11.5 Å². The first-order valence-electron chi connectivity index (χ1n) is 15.8. The number of nitrogens with two attached hydrogens (primary N) is 2. The van der Waals surface area contributed by atoms with Crippen molar-refractivity contribution in [3.05, 3.63) is 72.1 Å². The highest BCUT2D eigenvalue weighted by atomic mass is 127. The van der Waals surface area contributed by atoms with Crippen molar-refractivity contribution in [3.8, 4) is 0 Å². The Bertz CT molecular complexity index is 1780. The van der Waals surface area contributed by atoms with E-state index in [1.54, 1.807) is 18.4 Å². The van der Waals surface area contributed by atoms with Crippen molar-refractivity contribution in [2.75, 3.05) is 19.8 Å². The van der Waals surface area contributed by atoms with E-state index in [0.29, 0.717) is 37.8 Å². The fourth-order valence-corrected chi connectivity index (χ4v) is 7.84. The fraction of sp³-hybridized carbons (Fsp3) is 0.412. The molecule has 4 N–H and O–H groups in total. The Morgan fingerprint density at radius 2 is 1.25 bits per heavy atom. The predicted molar refractivity (Wildman–Crippen MR) is 218 cm³/mol. The third-order valence-electron chi connectivity index (χ3n) is 7.46. The van der Waals surface area contributed by atoms with Crippen LogP contribution in [0.2, 0.25) is 51.4 Å². The van der Waals surface area contributed by atoms with Crippen LogP contribution in [-0.4, -0.2) is 56.9 Å². The smallest absolute Gasteiger partial charge is 0.250 e. The molecule has 0 unspecified atom stereocenters. The van der Waals surface area contributed by atoms with E-state index in [2.05, 4.69) is 93.7 Å². The molecule has 2 aromatic carbocycles. The summed E-state index contributed by atoms with van der Waals surface area (Å²) in [7, 11) is -2.26. The molecule has 0 spiro atoms. The third kappa shape index (κ3) is 11.3. The maximum absolute atomic E-state index is 11.9. The average Bonchev–Trinajstić information content (AvgIpc) is 3.51. The summed E-state index contributed by atoms with van der Waals surface area (Å²) >= 11 is 9.35. The highest BCUT2D eigenvalue weighted by Gasteiger charge is 2.19. The van der Waals surface area contributed by atoms with Crippen LogP contribution in [0, 0.1) is 3.70 Å². The van der Waals surface area contributed by atoms with Gasteiger partial charge >= 0.3 is 0 Å². The van der Waals surface area contributed by atoms with Crippen LogP contribution in [0.15, 0.2) is 51.6 Å². The van der Waals surface area contributed by atoms with Gasteiger partial charge in [0.2, 0.25) is 0 Å². The average molecular weight is 935 g/mol. The van der Waals surface area contributed by atoms with Crippen molar-refractivity contribution in [3.63, 3.8) is 0 Å². The van der Waals surface area contributed by atoms with Crippen LogP contribution in [0.5, 0.6) is 0 Å². The number of ether oxygens (including phenoxy) is 3. The van der Waals surface area contributed by atoms with Gasteiger partial charge in [0.1, 0.15) is 13.5 Å². The molecule has 262 valence electrons. The number of carbonyl (C=O) groups excluding carboxylic acids is 2. The molecular formula is C34H47Br2IN4O5Si2. The molecular weight excluding hydrogens is 887 g/mol. The number of rotatable bonds is 15. The first-order valence-corrected chi connectivity index (χ1v) is 25.8. The SMILES string of the molecule is CCO/C=C/c1cc2c(Br)ccc(C(N)=O)c2n1COCC[Si](C)(C)C.C[Si](C)(C)CCOCn1c(I)cc2c(Br)ccc(C(N)=O)c21. The van der Waals surface area contributed by atoms with Crippen molar-refractivity contribution >= 4 is 110 Å². The Balaban J connectivity index is 0.000000264. The van der Waals surface area contributed by atoms with Gasteiger partial charge in [-0.25, -0.2) is 0 Å². The summed E-state index contributed by atoms with van der Waals surface area (Å²) < 4.78 is 24.0. The Kier molecular flexibility index (Phi) is 15.0. The lowest BCUT2D eigenvalue weighted by Gasteiger charge is -2.17. The number of fused-ring (bicyclic) bond motifs is 2. The summed E-state index contributed by atoms with van der Waals surface area (Å²) in [5, 5.41) is 1.90. The van der Waals surface area contributed by atoms with Gasteiger partial charge in [-0.15, -0.1) is 0 Å². The molecule has 0 bridgehead atoms. The fourth-order valence-electron chi connectivity index (χ4n) is 4.77. The van der Waals surface area contributed by atoms with E-state index >= 15 is 0 Å². The normalized spacial score (nSPS) is 12.1. The van der Waals surface area contributed by atoms with Crippen molar-refractivity contribution in [1.82, 2.24) is 9.13 Å². The number of hydrogen-bond acceptors (Lipinski definition) is 5. The molecule has 0 saturated heterocycles. The molecule has 9 nitrogen and oxygen atoms in total. The predicted octanol–water partition coefficient (Wildman–Crippen LogP) is 9.24. The summed E-state index contributed by atoms with van der Waals surface area (Å²) in [4.78, 5) is 23.6. The lowest BCUT2D eigenvalue weighted by Crippen LogP contribution is -2.22. The number of primary amides is 2. The Labute approximate surface area is 316 Å². The zero-order chi connectivity index (χ0) is 35.8. The number of aromatic nitrogens is 2. The van der Waals surface area contributed by atoms with Gasteiger partial charge in [0.05, 0.1) is 38.7 Å². The number of nitrogens with zero attached hydrogens (tertiary/aromatic N) is 2. The summed E-state index contributed by atoms with van der Waals surface area (Å²) in [5.41, 5.74) is 14.6. The van der Waals surface area contributed by atoms with Gasteiger partial charge in [0, 0.05) is 54.8 Å². The summed E-state index contributed by atoms with van der Waals surface area (Å²) in [5.74, 6) is -0.875. The number of benzene rings is 2. The minimum atomic E-state index is -1.16. The molecule has 14 heteroatoms. The van der Waals surface area contributed by atoms with E-state index in [1.807, 2.05) is 46.4 Å². The highest BCUT2D eigenvalue weighted by molar-refractivity contribution is 14.1. The molecule has 48 heavy (non-hydrogen) atoms. The Morgan fingerprint density at radius 3 is 1.71 bits per heavy atom. The summed E-state index contributed by atoms with van der Waals surface area (Å²) in [6.45, 7) is 18.7. The zero-order valence-corrected chi connectivity index (χ0v) is 36.1. The number of carbonyl (C=O) groups is 2. The van der Waals surface area contributed by atoms with E-state index < -0.39 is 28.0 Å². The topological polar surface area (TPSA) is 124 Å². The van der Waals surface area contributed by atoms with E-state index in [1.165, 1.54) is 0 Å². The molecule has 0 fully saturated rings. The van der Waals surface area contributed by atoms with Crippen LogP contribution in [0.25, 0.3) is 27.9 Å². The minimum Gasteiger partial charge on any atom is -0.501 e. The van der Waals surface area contributed by atoms with Gasteiger partial charge in [-0.2, -0.15) is 0 Å². The van der Waals surface area contributed by atoms with Gasteiger partial charge < -0.3 is 34.8 Å². The van der Waals surface area contributed by atoms with Crippen molar-refractivity contribution in [2.45, 2.75) is 71.8 Å². The first kappa shape index (κ1) is 40.5. The van der Waals surface area contributed by atoms with Gasteiger partial charge in [-0.1, -0.05) is 71.1 Å². The highest BCUT2D eigenvalue weighted by Crippen LogP contribution is 2.32.